The maximum absolute atomic E-state index is 13.1. The molecule has 172 valence electrons. The SMILES string of the molecule is Fc1ccc(O[C@@H]2COC3(CCN(Cc4ccccc4OCc4cccnc4)CC3)C2)cc1. The molecule has 0 saturated carbocycles. The molecule has 2 fully saturated rings. The summed E-state index contributed by atoms with van der Waals surface area (Å²) < 4.78 is 31.5. The molecule has 1 aromatic heterocycles. The second-order valence-corrected chi connectivity index (χ2v) is 8.93. The van der Waals surface area contributed by atoms with Crippen LogP contribution in [0.2, 0.25) is 0 Å². The maximum Gasteiger partial charge on any atom is 0.125 e. The molecule has 1 spiro atoms. The average Bonchev–Trinajstić information content (AvgIpc) is 3.24. The monoisotopic (exact) mass is 448 g/mol. The zero-order valence-electron chi connectivity index (χ0n) is 18.7. The smallest absolute Gasteiger partial charge is 0.125 e. The van der Waals surface area contributed by atoms with Crippen molar-refractivity contribution in [2.45, 2.75) is 44.1 Å². The molecule has 5 rings (SSSR count). The second kappa shape index (κ2) is 9.89. The highest BCUT2D eigenvalue weighted by atomic mass is 19.1. The van der Waals surface area contributed by atoms with Crippen LogP contribution in [0.4, 0.5) is 4.39 Å². The quantitative estimate of drug-likeness (QED) is 0.509. The Labute approximate surface area is 194 Å². The van der Waals surface area contributed by atoms with E-state index in [0.29, 0.717) is 19.0 Å². The highest BCUT2D eigenvalue weighted by Crippen LogP contribution is 2.38. The summed E-state index contributed by atoms with van der Waals surface area (Å²) in [4.78, 5) is 6.62. The van der Waals surface area contributed by atoms with Gasteiger partial charge in [-0.2, -0.15) is 0 Å². The van der Waals surface area contributed by atoms with Crippen LogP contribution in [-0.2, 0) is 17.9 Å². The van der Waals surface area contributed by atoms with Crippen molar-refractivity contribution in [2.24, 2.45) is 0 Å². The van der Waals surface area contributed by atoms with Crippen LogP contribution in [0.3, 0.4) is 0 Å². The predicted octanol–water partition coefficient (Wildman–Crippen LogP) is 5.00. The van der Waals surface area contributed by atoms with Crippen LogP contribution in [0.1, 0.15) is 30.4 Å². The summed E-state index contributed by atoms with van der Waals surface area (Å²) >= 11 is 0. The van der Waals surface area contributed by atoms with Gasteiger partial charge in [0.25, 0.3) is 0 Å². The number of nitrogens with zero attached hydrogens (tertiary/aromatic N) is 2. The molecular formula is C27H29FN2O3. The molecule has 2 aliphatic heterocycles. The van der Waals surface area contributed by atoms with Crippen LogP contribution in [-0.4, -0.2) is 41.3 Å². The number of hydrogen-bond acceptors (Lipinski definition) is 5. The van der Waals surface area contributed by atoms with Crippen molar-refractivity contribution in [3.63, 3.8) is 0 Å². The zero-order chi connectivity index (χ0) is 22.5. The third kappa shape index (κ3) is 5.52. The Kier molecular flexibility index (Phi) is 6.55. The Morgan fingerprint density at radius 3 is 2.64 bits per heavy atom. The predicted molar refractivity (Wildman–Crippen MR) is 124 cm³/mol. The number of ether oxygens (including phenoxy) is 3. The molecule has 2 saturated heterocycles. The summed E-state index contributed by atoms with van der Waals surface area (Å²) in [6, 6.07) is 18.4. The molecule has 0 unspecified atom stereocenters. The Morgan fingerprint density at radius 1 is 1.03 bits per heavy atom. The van der Waals surface area contributed by atoms with Gasteiger partial charge in [0.15, 0.2) is 0 Å². The summed E-state index contributed by atoms with van der Waals surface area (Å²) in [7, 11) is 0. The van der Waals surface area contributed by atoms with Crippen molar-refractivity contribution in [3.05, 3.63) is 90.0 Å². The molecule has 3 aromatic rings. The fourth-order valence-corrected chi connectivity index (χ4v) is 4.71. The van der Waals surface area contributed by atoms with Gasteiger partial charge in [-0.1, -0.05) is 24.3 Å². The number of likely N-dealkylation sites (tertiary alicyclic amines) is 1. The number of pyridine rings is 1. The minimum Gasteiger partial charge on any atom is -0.489 e. The van der Waals surface area contributed by atoms with Crippen molar-refractivity contribution in [1.82, 2.24) is 9.88 Å². The van der Waals surface area contributed by atoms with Gasteiger partial charge >= 0.3 is 0 Å². The van der Waals surface area contributed by atoms with Crippen molar-refractivity contribution in [1.29, 1.82) is 0 Å². The van der Waals surface area contributed by atoms with Gasteiger partial charge in [-0.3, -0.25) is 9.88 Å². The van der Waals surface area contributed by atoms with Crippen LogP contribution < -0.4 is 9.47 Å². The minimum atomic E-state index is -0.252. The standard InChI is InChI=1S/C27H29FN2O3/c28-23-7-9-24(10-8-23)33-25-16-27(32-20-25)11-14-30(15-12-27)18-22-5-1-2-6-26(22)31-19-21-4-3-13-29-17-21/h1-10,13,17,25H,11-12,14-16,18-20H2/t25-/m0/s1. The largest absolute Gasteiger partial charge is 0.489 e. The normalized spacial score (nSPS) is 20.1. The molecule has 33 heavy (non-hydrogen) atoms. The Hall–Kier alpha value is -2.96. The van der Waals surface area contributed by atoms with Gasteiger partial charge in [0.05, 0.1) is 12.2 Å². The molecular weight excluding hydrogens is 419 g/mol. The van der Waals surface area contributed by atoms with Gasteiger partial charge in [-0.15, -0.1) is 0 Å². The Morgan fingerprint density at radius 2 is 1.85 bits per heavy atom. The molecule has 2 aromatic carbocycles. The van der Waals surface area contributed by atoms with Crippen LogP contribution in [0.25, 0.3) is 0 Å². The molecule has 2 aliphatic rings. The molecule has 0 N–H and O–H groups in total. The van der Waals surface area contributed by atoms with Crippen LogP contribution in [0.15, 0.2) is 73.1 Å². The van der Waals surface area contributed by atoms with E-state index >= 15 is 0 Å². The van der Waals surface area contributed by atoms with Crippen LogP contribution >= 0.6 is 0 Å². The van der Waals surface area contributed by atoms with Crippen LogP contribution in [0, 0.1) is 5.82 Å². The fraction of sp³-hybridized carbons (Fsp3) is 0.370. The molecule has 6 heteroatoms. The highest BCUT2D eigenvalue weighted by molar-refractivity contribution is 5.33. The summed E-state index contributed by atoms with van der Waals surface area (Å²) in [5.41, 5.74) is 2.14. The highest BCUT2D eigenvalue weighted by Gasteiger charge is 2.43. The molecule has 5 nitrogen and oxygen atoms in total. The molecule has 0 amide bonds. The Bertz CT molecular complexity index is 1040. The van der Waals surface area contributed by atoms with E-state index in [1.807, 2.05) is 30.5 Å². The third-order valence-electron chi connectivity index (χ3n) is 6.54. The van der Waals surface area contributed by atoms with Gasteiger partial charge in [0, 0.05) is 49.6 Å². The van der Waals surface area contributed by atoms with E-state index in [-0.39, 0.29) is 17.5 Å². The first-order valence-corrected chi connectivity index (χ1v) is 11.6. The van der Waals surface area contributed by atoms with Gasteiger partial charge in [-0.05, 0) is 49.2 Å². The topological polar surface area (TPSA) is 43.8 Å². The van der Waals surface area contributed by atoms with Gasteiger partial charge < -0.3 is 14.2 Å². The van der Waals surface area contributed by atoms with Crippen LogP contribution in [0.5, 0.6) is 11.5 Å². The number of halogens is 1. The van der Waals surface area contributed by atoms with E-state index in [4.69, 9.17) is 14.2 Å². The van der Waals surface area contributed by atoms with Crippen molar-refractivity contribution >= 4 is 0 Å². The summed E-state index contributed by atoms with van der Waals surface area (Å²) in [6.45, 7) is 3.90. The first kappa shape index (κ1) is 21.9. The number of para-hydroxylation sites is 1. The van der Waals surface area contributed by atoms with E-state index in [1.165, 1.54) is 17.7 Å². The van der Waals surface area contributed by atoms with Gasteiger partial charge in [0.1, 0.15) is 30.0 Å². The van der Waals surface area contributed by atoms with E-state index < -0.39 is 0 Å². The second-order valence-electron chi connectivity index (χ2n) is 8.93. The number of benzene rings is 2. The number of aromatic nitrogens is 1. The van der Waals surface area contributed by atoms with Crippen molar-refractivity contribution in [2.75, 3.05) is 19.7 Å². The van der Waals surface area contributed by atoms with E-state index in [1.54, 1.807) is 18.3 Å². The first-order chi connectivity index (χ1) is 16.2. The lowest BCUT2D eigenvalue weighted by Crippen LogP contribution is -2.44. The molecule has 0 aliphatic carbocycles. The molecule has 3 heterocycles. The molecule has 1 atom stereocenters. The zero-order valence-corrected chi connectivity index (χ0v) is 18.7. The van der Waals surface area contributed by atoms with Crippen molar-refractivity contribution < 1.29 is 18.6 Å². The minimum absolute atomic E-state index is 0.0172. The van der Waals surface area contributed by atoms with E-state index in [2.05, 4.69) is 22.0 Å². The van der Waals surface area contributed by atoms with Gasteiger partial charge in [0.2, 0.25) is 0 Å². The summed E-state index contributed by atoms with van der Waals surface area (Å²) in [6.07, 6.45) is 6.46. The average molecular weight is 449 g/mol. The first-order valence-electron chi connectivity index (χ1n) is 11.6. The van der Waals surface area contributed by atoms with E-state index in [0.717, 1.165) is 50.2 Å². The third-order valence-corrected chi connectivity index (χ3v) is 6.54. The number of piperidine rings is 1. The van der Waals surface area contributed by atoms with Gasteiger partial charge in [-0.25, -0.2) is 4.39 Å². The molecule has 0 bridgehead atoms. The lowest BCUT2D eigenvalue weighted by atomic mass is 9.88. The molecule has 0 radical (unpaired) electrons. The number of hydrogen-bond donors (Lipinski definition) is 0. The number of rotatable bonds is 7. The fourth-order valence-electron chi connectivity index (χ4n) is 4.71. The summed E-state index contributed by atoms with van der Waals surface area (Å²) in [5.74, 6) is 1.37. The lowest BCUT2D eigenvalue weighted by Gasteiger charge is -2.38. The van der Waals surface area contributed by atoms with E-state index in [9.17, 15) is 4.39 Å². The Balaban J connectivity index is 1.13. The van der Waals surface area contributed by atoms with Crippen molar-refractivity contribution in [3.8, 4) is 11.5 Å². The summed E-state index contributed by atoms with van der Waals surface area (Å²) in [5, 5.41) is 0. The maximum atomic E-state index is 13.1. The lowest BCUT2D eigenvalue weighted by molar-refractivity contribution is -0.0455.